The number of carboxylic acids is 1. The average molecular weight is 320 g/mol. The Bertz CT molecular complexity index is 445. The molecule has 0 saturated carbocycles. The number of halogens is 2. The highest BCUT2D eigenvalue weighted by Crippen LogP contribution is 2.30. The van der Waals surface area contributed by atoms with Crippen molar-refractivity contribution in [2.75, 3.05) is 0 Å². The molecule has 17 heavy (non-hydrogen) atoms. The molecule has 1 atom stereocenters. The normalized spacial score (nSPS) is 12.2. The van der Waals surface area contributed by atoms with Crippen LogP contribution in [0, 0.1) is 0 Å². The predicted octanol–water partition coefficient (Wildman–Crippen LogP) is 3.08. The lowest BCUT2D eigenvalue weighted by atomic mass is 9.96. The summed E-state index contributed by atoms with van der Waals surface area (Å²) in [6.45, 7) is 1.46. The van der Waals surface area contributed by atoms with Crippen molar-refractivity contribution in [2.45, 2.75) is 24.1 Å². The largest absolute Gasteiger partial charge is 0.481 e. The molecule has 0 saturated heterocycles. The Kier molecular flexibility index (Phi) is 5.15. The van der Waals surface area contributed by atoms with Gasteiger partial charge in [0.15, 0.2) is 0 Å². The highest BCUT2D eigenvalue weighted by molar-refractivity contribution is 9.09. The molecule has 1 rings (SSSR count). The maximum absolute atomic E-state index is 11.4. The highest BCUT2D eigenvalue weighted by atomic mass is 79.9. The molecule has 3 nitrogen and oxygen atoms in total. The molecule has 92 valence electrons. The number of alkyl halides is 2. The van der Waals surface area contributed by atoms with Crippen LogP contribution < -0.4 is 0 Å². The number of hydrogen-bond acceptors (Lipinski definition) is 2. The highest BCUT2D eigenvalue weighted by Gasteiger charge is 2.19. The van der Waals surface area contributed by atoms with E-state index in [9.17, 15) is 9.59 Å². The van der Waals surface area contributed by atoms with Crippen molar-refractivity contribution in [2.24, 2.45) is 0 Å². The zero-order valence-corrected chi connectivity index (χ0v) is 11.6. The molecule has 1 aromatic carbocycles. The molecule has 5 heteroatoms. The second-order valence-corrected chi connectivity index (χ2v) is 4.85. The quantitative estimate of drug-likeness (QED) is 0.849. The Labute approximate surface area is 113 Å². The summed E-state index contributed by atoms with van der Waals surface area (Å²) in [5, 5.41) is 8.89. The van der Waals surface area contributed by atoms with Crippen LogP contribution in [0.15, 0.2) is 18.2 Å². The Morgan fingerprint density at radius 2 is 2.12 bits per heavy atom. The fourth-order valence-electron chi connectivity index (χ4n) is 1.60. The van der Waals surface area contributed by atoms with Crippen molar-refractivity contribution in [3.63, 3.8) is 0 Å². The number of ketones is 1. The molecule has 0 spiro atoms. The summed E-state index contributed by atoms with van der Waals surface area (Å²) < 4.78 is 0. The van der Waals surface area contributed by atoms with Crippen LogP contribution in [0.3, 0.4) is 0 Å². The zero-order valence-electron chi connectivity index (χ0n) is 9.24. The molecule has 1 N–H and O–H groups in total. The van der Waals surface area contributed by atoms with E-state index in [1.54, 1.807) is 18.2 Å². The molecule has 1 unspecified atom stereocenters. The number of rotatable bonds is 5. The van der Waals surface area contributed by atoms with Gasteiger partial charge in [-0.2, -0.15) is 0 Å². The first-order valence-corrected chi connectivity index (χ1v) is 6.45. The van der Waals surface area contributed by atoms with Crippen LogP contribution in [0.4, 0.5) is 0 Å². The summed E-state index contributed by atoms with van der Waals surface area (Å²) in [5.41, 5.74) is 2.04. The fraction of sp³-hybridized carbons (Fsp3) is 0.333. The van der Waals surface area contributed by atoms with Crippen LogP contribution >= 0.6 is 27.5 Å². The van der Waals surface area contributed by atoms with Crippen LogP contribution in [0.5, 0.6) is 0 Å². The molecule has 0 aliphatic rings. The van der Waals surface area contributed by atoms with Crippen molar-refractivity contribution < 1.29 is 14.7 Å². The van der Waals surface area contributed by atoms with Crippen molar-refractivity contribution in [3.8, 4) is 0 Å². The van der Waals surface area contributed by atoms with E-state index in [4.69, 9.17) is 16.7 Å². The van der Waals surface area contributed by atoms with Crippen molar-refractivity contribution >= 4 is 39.3 Å². The summed E-state index contributed by atoms with van der Waals surface area (Å²) in [5.74, 6) is -0.774. The number of carboxylic acid groups (broad SMARTS) is 1. The minimum absolute atomic E-state index is 0.0663. The van der Waals surface area contributed by atoms with Gasteiger partial charge in [-0.3, -0.25) is 9.59 Å². The van der Waals surface area contributed by atoms with E-state index in [1.807, 2.05) is 0 Å². The monoisotopic (exact) mass is 318 g/mol. The van der Waals surface area contributed by atoms with Crippen LogP contribution in [0.1, 0.15) is 28.4 Å². The topological polar surface area (TPSA) is 54.4 Å². The number of benzene rings is 1. The number of Topliss-reactive ketones (excluding diaryl/α,β-unsaturated/α-hetero) is 1. The van der Waals surface area contributed by atoms with E-state index in [2.05, 4.69) is 15.9 Å². The molecular weight excluding hydrogens is 307 g/mol. The predicted molar refractivity (Wildman–Crippen MR) is 69.7 cm³/mol. The first kappa shape index (κ1) is 14.2. The Balaban J connectivity index is 3.28. The molecular formula is C12H12BrClO3. The minimum Gasteiger partial charge on any atom is -0.481 e. The van der Waals surface area contributed by atoms with Gasteiger partial charge in [0.05, 0.1) is 11.2 Å². The third-order valence-electron chi connectivity index (χ3n) is 2.41. The van der Waals surface area contributed by atoms with E-state index < -0.39 is 10.8 Å². The summed E-state index contributed by atoms with van der Waals surface area (Å²) in [6, 6.07) is 5.29. The molecule has 0 bridgehead atoms. The van der Waals surface area contributed by atoms with Crippen molar-refractivity contribution in [1.29, 1.82) is 0 Å². The van der Waals surface area contributed by atoms with Crippen LogP contribution in [-0.2, 0) is 21.9 Å². The van der Waals surface area contributed by atoms with Crippen LogP contribution in [0.25, 0.3) is 0 Å². The number of hydrogen-bond donors (Lipinski definition) is 1. The van der Waals surface area contributed by atoms with Gasteiger partial charge in [0.1, 0.15) is 5.78 Å². The summed E-state index contributed by atoms with van der Waals surface area (Å²) in [7, 11) is 0. The molecule has 1 aromatic rings. The third kappa shape index (κ3) is 3.54. The minimum atomic E-state index is -0.938. The fourth-order valence-corrected chi connectivity index (χ4v) is 2.28. The lowest BCUT2D eigenvalue weighted by molar-refractivity contribution is -0.136. The van der Waals surface area contributed by atoms with Gasteiger partial charge < -0.3 is 5.11 Å². The Morgan fingerprint density at radius 1 is 1.47 bits per heavy atom. The first-order valence-electron chi connectivity index (χ1n) is 5.00. The lowest BCUT2D eigenvalue weighted by Crippen LogP contribution is -2.11. The maximum atomic E-state index is 11.4. The molecule has 0 aromatic heterocycles. The average Bonchev–Trinajstić information content (AvgIpc) is 2.27. The maximum Gasteiger partial charge on any atom is 0.307 e. The van der Waals surface area contributed by atoms with Gasteiger partial charge in [0.2, 0.25) is 0 Å². The van der Waals surface area contributed by atoms with Gasteiger partial charge in [-0.15, -0.1) is 11.6 Å². The van der Waals surface area contributed by atoms with Gasteiger partial charge in [-0.1, -0.05) is 34.1 Å². The molecule has 0 aliphatic heterocycles. The van der Waals surface area contributed by atoms with Gasteiger partial charge in [0, 0.05) is 5.88 Å². The third-order valence-corrected chi connectivity index (χ3v) is 3.84. The SMILES string of the molecule is CC(=O)C(Br)c1cccc(CCl)c1CC(=O)O. The van der Waals surface area contributed by atoms with Crippen molar-refractivity contribution in [1.82, 2.24) is 0 Å². The molecule has 0 aliphatic carbocycles. The number of carbonyl (C=O) groups excluding carboxylic acids is 1. The molecule has 0 fully saturated rings. The summed E-state index contributed by atoms with van der Waals surface area (Å²) >= 11 is 9.05. The number of aliphatic carboxylic acids is 1. The van der Waals surface area contributed by atoms with Crippen LogP contribution in [-0.4, -0.2) is 16.9 Å². The van der Waals surface area contributed by atoms with Crippen molar-refractivity contribution in [3.05, 3.63) is 34.9 Å². The van der Waals surface area contributed by atoms with E-state index in [0.717, 1.165) is 5.56 Å². The zero-order chi connectivity index (χ0) is 13.0. The summed E-state index contributed by atoms with van der Waals surface area (Å²) in [6.07, 6.45) is -0.131. The van der Waals surface area contributed by atoms with Gasteiger partial charge in [-0.05, 0) is 23.6 Å². The Morgan fingerprint density at radius 3 is 2.59 bits per heavy atom. The number of carbonyl (C=O) groups is 2. The van der Waals surface area contributed by atoms with E-state index in [0.29, 0.717) is 11.1 Å². The van der Waals surface area contributed by atoms with E-state index >= 15 is 0 Å². The molecule has 0 amide bonds. The first-order chi connectivity index (χ1) is 7.97. The van der Waals surface area contributed by atoms with Gasteiger partial charge in [0.25, 0.3) is 0 Å². The van der Waals surface area contributed by atoms with E-state index in [-0.39, 0.29) is 18.1 Å². The second-order valence-electron chi connectivity index (χ2n) is 3.66. The van der Waals surface area contributed by atoms with Gasteiger partial charge in [-0.25, -0.2) is 0 Å². The smallest absolute Gasteiger partial charge is 0.307 e. The van der Waals surface area contributed by atoms with E-state index in [1.165, 1.54) is 6.92 Å². The Hall–Kier alpha value is -0.870. The van der Waals surface area contributed by atoms with Crippen LogP contribution in [0.2, 0.25) is 0 Å². The molecule has 0 radical (unpaired) electrons. The lowest BCUT2D eigenvalue weighted by Gasteiger charge is -2.14. The molecule has 0 heterocycles. The summed E-state index contributed by atoms with van der Waals surface area (Å²) in [4.78, 5) is 21.7. The standard InChI is InChI=1S/C12H12BrClO3/c1-7(15)12(13)9-4-2-3-8(6-14)10(9)5-11(16)17/h2-4,12H,5-6H2,1H3,(H,16,17). The second kappa shape index (κ2) is 6.17. The van der Waals surface area contributed by atoms with Gasteiger partial charge >= 0.3 is 5.97 Å².